The molecule has 2 aliphatic rings. The maximum absolute atomic E-state index is 2.55. The van der Waals surface area contributed by atoms with E-state index in [1.165, 1.54) is 148 Å². The molecule has 0 unspecified atom stereocenters. The van der Waals surface area contributed by atoms with E-state index in [4.69, 9.17) is 0 Å². The summed E-state index contributed by atoms with van der Waals surface area (Å²) in [5.74, 6) is 0. The standard InChI is InChI=1S/C65H42/c1-64(2,3)48-34-44-24-22-40-30-46(31-41-23-25-45(35-48)62(44)61(40)41)39-26-27-54-58(36-39)65(55-16-6-4-12-51(55)52-13-5-7-17-56(52)65)57-29-28-50-49(14-9-15-53(50)63(54)57)47-32-42-20-18-37-10-8-11-38-19-21-43(33-47)60(42)59(37)38/h4-36H,1-3H3. The summed E-state index contributed by atoms with van der Waals surface area (Å²) in [7, 11) is 0. The molecule has 0 N–H and O–H groups in total. The molecule has 0 radical (unpaired) electrons. The Hall–Kier alpha value is -7.80. The lowest BCUT2D eigenvalue weighted by Crippen LogP contribution is -2.25. The minimum atomic E-state index is -0.463. The van der Waals surface area contributed by atoms with Gasteiger partial charge in [0, 0.05) is 0 Å². The average molecular weight is 823 g/mol. The molecule has 15 rings (SSSR count). The number of hydrogen-bond donors (Lipinski definition) is 0. The second-order valence-corrected chi connectivity index (χ2v) is 20.0. The smallest absolute Gasteiger partial charge is 0.0619 e. The van der Waals surface area contributed by atoms with Gasteiger partial charge in [-0.2, -0.15) is 0 Å². The third-order valence-electron chi connectivity index (χ3n) is 15.6. The molecular weight excluding hydrogens is 781 g/mol. The summed E-state index contributed by atoms with van der Waals surface area (Å²) in [6.45, 7) is 6.92. The van der Waals surface area contributed by atoms with E-state index >= 15 is 0 Å². The zero-order valence-corrected chi connectivity index (χ0v) is 36.6. The minimum absolute atomic E-state index is 0.0859. The molecule has 1 spiro atoms. The highest BCUT2D eigenvalue weighted by molar-refractivity contribution is 6.25. The zero-order valence-electron chi connectivity index (χ0n) is 36.6. The van der Waals surface area contributed by atoms with Crippen molar-refractivity contribution in [1.29, 1.82) is 0 Å². The van der Waals surface area contributed by atoms with Crippen molar-refractivity contribution in [2.24, 2.45) is 0 Å². The van der Waals surface area contributed by atoms with Crippen molar-refractivity contribution in [3.05, 3.63) is 228 Å². The van der Waals surface area contributed by atoms with Gasteiger partial charge in [-0.25, -0.2) is 0 Å². The fraction of sp³-hybridized carbons (Fsp3) is 0.0769. The van der Waals surface area contributed by atoms with E-state index in [1.807, 2.05) is 0 Å². The molecule has 0 fully saturated rings. The highest BCUT2D eigenvalue weighted by Gasteiger charge is 2.52. The normalized spacial score (nSPS) is 13.9. The maximum atomic E-state index is 2.55. The first kappa shape index (κ1) is 35.6. The Bertz CT molecular complexity index is 4030. The lowest BCUT2D eigenvalue weighted by Gasteiger charge is -2.31. The van der Waals surface area contributed by atoms with E-state index in [2.05, 4.69) is 221 Å². The molecular formula is C65H42. The van der Waals surface area contributed by atoms with Gasteiger partial charge in [-0.15, -0.1) is 0 Å². The van der Waals surface area contributed by atoms with Crippen LogP contribution in [0.2, 0.25) is 0 Å². The van der Waals surface area contributed by atoms with Gasteiger partial charge < -0.3 is 0 Å². The van der Waals surface area contributed by atoms with E-state index in [9.17, 15) is 0 Å². The summed E-state index contributed by atoms with van der Waals surface area (Å²) in [4.78, 5) is 0. The molecule has 13 aromatic rings. The predicted octanol–water partition coefficient (Wildman–Crippen LogP) is 17.6. The molecule has 0 heteroatoms. The summed E-state index contributed by atoms with van der Waals surface area (Å²) in [5, 5.41) is 18.4. The van der Waals surface area contributed by atoms with Crippen molar-refractivity contribution >= 4 is 75.4 Å². The van der Waals surface area contributed by atoms with Crippen molar-refractivity contribution < 1.29 is 0 Å². The summed E-state index contributed by atoms with van der Waals surface area (Å²) in [5.41, 5.74) is 16.8. The summed E-state index contributed by atoms with van der Waals surface area (Å²) in [6.07, 6.45) is 0. The quantitative estimate of drug-likeness (QED) is 0.152. The van der Waals surface area contributed by atoms with Gasteiger partial charge in [-0.3, -0.25) is 0 Å². The highest BCUT2D eigenvalue weighted by Crippen LogP contribution is 2.64. The number of fused-ring (bicyclic) bond motifs is 12. The minimum Gasteiger partial charge on any atom is -0.0619 e. The third-order valence-corrected chi connectivity index (χ3v) is 15.6. The van der Waals surface area contributed by atoms with Crippen molar-refractivity contribution in [3.8, 4) is 44.5 Å². The van der Waals surface area contributed by atoms with Crippen LogP contribution in [0.5, 0.6) is 0 Å². The monoisotopic (exact) mass is 822 g/mol. The Morgan fingerprint density at radius 3 is 1.37 bits per heavy atom. The molecule has 65 heavy (non-hydrogen) atoms. The molecule has 2 aliphatic carbocycles. The SMILES string of the molecule is CC(C)(C)c1cc2ccc3cc(-c4ccc5c(c4)C4(c6ccccc6-c6ccccc64)c4ccc6c(-c7cc8ccc9cccc%10ccc(c7)c8c9%10)cccc6c4-5)cc4ccc(c1)c2c34. The van der Waals surface area contributed by atoms with Crippen LogP contribution in [-0.4, -0.2) is 0 Å². The van der Waals surface area contributed by atoms with Gasteiger partial charge in [0.1, 0.15) is 0 Å². The van der Waals surface area contributed by atoms with Crippen LogP contribution in [0.15, 0.2) is 200 Å². The molecule has 302 valence electrons. The third kappa shape index (κ3) is 4.56. The maximum Gasteiger partial charge on any atom is 0.0725 e. The van der Waals surface area contributed by atoms with E-state index in [-0.39, 0.29) is 5.41 Å². The predicted molar refractivity (Wildman–Crippen MR) is 277 cm³/mol. The molecule has 0 aromatic heterocycles. The summed E-state index contributed by atoms with van der Waals surface area (Å²) < 4.78 is 0. The van der Waals surface area contributed by atoms with Crippen LogP contribution >= 0.6 is 0 Å². The van der Waals surface area contributed by atoms with Crippen LogP contribution in [-0.2, 0) is 10.8 Å². The van der Waals surface area contributed by atoms with Crippen LogP contribution in [0.25, 0.3) is 120 Å². The summed E-state index contributed by atoms with van der Waals surface area (Å²) >= 11 is 0. The van der Waals surface area contributed by atoms with E-state index in [0.717, 1.165) is 0 Å². The first-order valence-electron chi connectivity index (χ1n) is 23.1. The van der Waals surface area contributed by atoms with Crippen LogP contribution in [0.3, 0.4) is 0 Å². The molecule has 0 heterocycles. The van der Waals surface area contributed by atoms with E-state index in [0.29, 0.717) is 0 Å². The van der Waals surface area contributed by atoms with E-state index in [1.54, 1.807) is 0 Å². The number of hydrogen-bond acceptors (Lipinski definition) is 0. The van der Waals surface area contributed by atoms with Crippen molar-refractivity contribution in [1.82, 2.24) is 0 Å². The van der Waals surface area contributed by atoms with Crippen LogP contribution < -0.4 is 0 Å². The van der Waals surface area contributed by atoms with Crippen LogP contribution in [0.4, 0.5) is 0 Å². The molecule has 0 aliphatic heterocycles. The fourth-order valence-electron chi connectivity index (χ4n) is 12.8. The Labute approximate surface area is 377 Å². The fourth-order valence-corrected chi connectivity index (χ4v) is 12.8. The first-order chi connectivity index (χ1) is 31.8. The lowest BCUT2D eigenvalue weighted by molar-refractivity contribution is 0.591. The van der Waals surface area contributed by atoms with Gasteiger partial charge in [-0.1, -0.05) is 191 Å². The molecule has 0 amide bonds. The van der Waals surface area contributed by atoms with Crippen LogP contribution in [0, 0.1) is 0 Å². The van der Waals surface area contributed by atoms with Crippen molar-refractivity contribution in [2.75, 3.05) is 0 Å². The van der Waals surface area contributed by atoms with Gasteiger partial charge in [0.25, 0.3) is 0 Å². The van der Waals surface area contributed by atoms with Crippen molar-refractivity contribution in [2.45, 2.75) is 31.6 Å². The Kier molecular flexibility index (Phi) is 6.72. The Balaban J connectivity index is 0.972. The largest absolute Gasteiger partial charge is 0.0725 e. The first-order valence-corrected chi connectivity index (χ1v) is 23.1. The van der Waals surface area contributed by atoms with Gasteiger partial charge >= 0.3 is 0 Å². The van der Waals surface area contributed by atoms with E-state index < -0.39 is 5.41 Å². The molecule has 13 aromatic carbocycles. The lowest BCUT2D eigenvalue weighted by atomic mass is 9.70. The van der Waals surface area contributed by atoms with Gasteiger partial charge in [-0.05, 0) is 183 Å². The van der Waals surface area contributed by atoms with Crippen molar-refractivity contribution in [3.63, 3.8) is 0 Å². The number of benzene rings is 13. The number of rotatable bonds is 2. The highest BCUT2D eigenvalue weighted by atomic mass is 14.5. The Morgan fingerprint density at radius 2 is 0.785 bits per heavy atom. The van der Waals surface area contributed by atoms with Gasteiger partial charge in [0.15, 0.2) is 0 Å². The molecule has 0 nitrogen and oxygen atoms in total. The second kappa shape index (κ2) is 12.3. The van der Waals surface area contributed by atoms with Gasteiger partial charge in [0.2, 0.25) is 0 Å². The average Bonchev–Trinajstić information content (AvgIpc) is 3.81. The van der Waals surface area contributed by atoms with Crippen LogP contribution in [0.1, 0.15) is 48.6 Å². The molecule has 0 bridgehead atoms. The molecule has 0 saturated carbocycles. The zero-order chi connectivity index (χ0) is 42.9. The second-order valence-electron chi connectivity index (χ2n) is 20.0. The van der Waals surface area contributed by atoms with Gasteiger partial charge in [0.05, 0.1) is 5.41 Å². The Morgan fingerprint density at radius 1 is 0.292 bits per heavy atom. The summed E-state index contributed by atoms with van der Waals surface area (Å²) in [6, 6.07) is 77.3. The topological polar surface area (TPSA) is 0 Å². The molecule has 0 saturated heterocycles. The molecule has 0 atom stereocenters.